The van der Waals surface area contributed by atoms with Crippen LogP contribution in [0.4, 0.5) is 0 Å². The van der Waals surface area contributed by atoms with Gasteiger partial charge in [-0.15, -0.1) is 0 Å². The van der Waals surface area contributed by atoms with Crippen molar-refractivity contribution in [3.63, 3.8) is 0 Å². The second-order valence-electron chi connectivity index (χ2n) is 8.56. The van der Waals surface area contributed by atoms with Gasteiger partial charge in [0, 0.05) is 6.54 Å². The summed E-state index contributed by atoms with van der Waals surface area (Å²) in [7, 11) is 0. The lowest BCUT2D eigenvalue weighted by Gasteiger charge is -2.61. The van der Waals surface area contributed by atoms with Gasteiger partial charge in [-0.3, -0.25) is 4.79 Å². The standard InChI is InChI=1S/C20H27NO4/c1-12-14-10-13(20(14,2)3)11-17(12)25-19(23)15-6-4-8-21(15)18(22)16-7-5-9-24-16/h5,7,9,12-15,17H,4,6,8,10-11H2,1-3H3/t12-,13-,14-,15+,17-/m1/s1. The van der Waals surface area contributed by atoms with Gasteiger partial charge in [-0.2, -0.15) is 0 Å². The highest BCUT2D eigenvalue weighted by atomic mass is 16.5. The summed E-state index contributed by atoms with van der Waals surface area (Å²) in [5, 5.41) is 0. The van der Waals surface area contributed by atoms with Crippen LogP contribution >= 0.6 is 0 Å². The third-order valence-electron chi connectivity index (χ3n) is 7.07. The smallest absolute Gasteiger partial charge is 0.329 e. The number of hydrogen-bond donors (Lipinski definition) is 0. The highest BCUT2D eigenvalue weighted by Gasteiger charge is 2.57. The van der Waals surface area contributed by atoms with Gasteiger partial charge in [-0.25, -0.2) is 4.79 Å². The number of hydrogen-bond acceptors (Lipinski definition) is 4. The van der Waals surface area contributed by atoms with Crippen LogP contribution in [0.3, 0.4) is 0 Å². The van der Waals surface area contributed by atoms with Crippen LogP contribution in [0.15, 0.2) is 22.8 Å². The molecule has 1 saturated heterocycles. The van der Waals surface area contributed by atoms with E-state index < -0.39 is 6.04 Å². The van der Waals surface area contributed by atoms with Crippen molar-refractivity contribution >= 4 is 11.9 Å². The Bertz CT molecular complexity index is 665. The number of rotatable bonds is 3. The highest BCUT2D eigenvalue weighted by molar-refractivity contribution is 5.95. The lowest BCUT2D eigenvalue weighted by molar-refractivity contribution is -0.189. The molecule has 5 heteroatoms. The summed E-state index contributed by atoms with van der Waals surface area (Å²) in [6, 6.07) is 2.85. The molecule has 1 aromatic rings. The molecular weight excluding hydrogens is 318 g/mol. The summed E-state index contributed by atoms with van der Waals surface area (Å²) in [4.78, 5) is 26.9. The summed E-state index contributed by atoms with van der Waals surface area (Å²) >= 11 is 0. The fourth-order valence-corrected chi connectivity index (χ4v) is 5.28. The van der Waals surface area contributed by atoms with E-state index in [0.29, 0.717) is 36.1 Å². The molecule has 2 bridgehead atoms. The van der Waals surface area contributed by atoms with Crippen molar-refractivity contribution in [3.8, 4) is 0 Å². The van der Waals surface area contributed by atoms with Crippen molar-refractivity contribution in [1.82, 2.24) is 4.90 Å². The molecule has 25 heavy (non-hydrogen) atoms. The average Bonchev–Trinajstić information content (AvgIpc) is 3.27. The van der Waals surface area contributed by atoms with E-state index in [1.54, 1.807) is 17.0 Å². The van der Waals surface area contributed by atoms with E-state index in [0.717, 1.165) is 12.8 Å². The van der Waals surface area contributed by atoms with Gasteiger partial charge < -0.3 is 14.1 Å². The maximum atomic E-state index is 12.8. The maximum Gasteiger partial charge on any atom is 0.329 e. The predicted molar refractivity (Wildman–Crippen MR) is 91.8 cm³/mol. The molecule has 5 rings (SSSR count). The number of esters is 1. The van der Waals surface area contributed by atoms with Gasteiger partial charge >= 0.3 is 5.97 Å². The SMILES string of the molecule is C[C@@H]1[C@H]2C[C@H](C[C@H]1OC(=O)[C@@H]1CCCN1C(=O)c1ccco1)C2(C)C. The Morgan fingerprint density at radius 2 is 2.12 bits per heavy atom. The van der Waals surface area contributed by atoms with E-state index >= 15 is 0 Å². The summed E-state index contributed by atoms with van der Waals surface area (Å²) < 4.78 is 11.1. The van der Waals surface area contributed by atoms with Crippen LogP contribution in [-0.4, -0.2) is 35.5 Å². The number of likely N-dealkylation sites (tertiary alicyclic amines) is 1. The van der Waals surface area contributed by atoms with Crippen LogP contribution in [-0.2, 0) is 9.53 Å². The van der Waals surface area contributed by atoms with E-state index in [2.05, 4.69) is 20.8 Å². The molecule has 0 radical (unpaired) electrons. The molecule has 0 unspecified atom stereocenters. The lowest BCUT2D eigenvalue weighted by Crippen LogP contribution is -2.58. The van der Waals surface area contributed by atoms with Crippen LogP contribution in [0.2, 0.25) is 0 Å². The highest BCUT2D eigenvalue weighted by Crippen LogP contribution is 2.61. The van der Waals surface area contributed by atoms with Crippen LogP contribution in [0.25, 0.3) is 0 Å². The van der Waals surface area contributed by atoms with Crippen LogP contribution < -0.4 is 0 Å². The molecule has 3 saturated carbocycles. The molecule has 0 N–H and O–H groups in total. The van der Waals surface area contributed by atoms with Crippen molar-refractivity contribution in [2.45, 2.75) is 58.6 Å². The van der Waals surface area contributed by atoms with Crippen LogP contribution in [0.5, 0.6) is 0 Å². The van der Waals surface area contributed by atoms with Crippen molar-refractivity contribution in [2.75, 3.05) is 6.54 Å². The first kappa shape index (κ1) is 16.7. The summed E-state index contributed by atoms with van der Waals surface area (Å²) in [6.07, 6.45) is 5.18. The van der Waals surface area contributed by atoms with E-state index in [4.69, 9.17) is 9.15 Å². The number of furan rings is 1. The Kier molecular flexibility index (Phi) is 3.93. The molecule has 1 aliphatic heterocycles. The molecule has 4 aliphatic rings. The zero-order valence-electron chi connectivity index (χ0n) is 15.2. The molecule has 5 nitrogen and oxygen atoms in total. The quantitative estimate of drug-likeness (QED) is 0.787. The maximum absolute atomic E-state index is 12.8. The Balaban J connectivity index is 1.42. The molecule has 2 heterocycles. The van der Waals surface area contributed by atoms with Crippen LogP contribution in [0, 0.1) is 23.2 Å². The van der Waals surface area contributed by atoms with E-state index in [1.165, 1.54) is 12.7 Å². The Morgan fingerprint density at radius 3 is 2.76 bits per heavy atom. The summed E-state index contributed by atoms with van der Waals surface area (Å²) in [6.45, 7) is 7.46. The minimum absolute atomic E-state index is 0.00885. The number of fused-ring (bicyclic) bond motifs is 2. The minimum Gasteiger partial charge on any atom is -0.461 e. The van der Waals surface area contributed by atoms with Gasteiger partial charge in [0.15, 0.2) is 5.76 Å². The van der Waals surface area contributed by atoms with Gasteiger partial charge in [0.25, 0.3) is 5.91 Å². The number of carbonyl (C=O) groups is 2. The number of carbonyl (C=O) groups excluding carboxylic acids is 2. The molecule has 3 aliphatic carbocycles. The Hall–Kier alpha value is -1.78. The van der Waals surface area contributed by atoms with E-state index in [9.17, 15) is 9.59 Å². The molecule has 136 valence electrons. The second kappa shape index (κ2) is 5.89. The van der Waals surface area contributed by atoms with Gasteiger partial charge in [0.1, 0.15) is 12.1 Å². The van der Waals surface area contributed by atoms with Crippen molar-refractivity contribution in [3.05, 3.63) is 24.2 Å². The molecular formula is C20H27NO4. The van der Waals surface area contributed by atoms with Crippen molar-refractivity contribution in [2.24, 2.45) is 23.2 Å². The first-order chi connectivity index (χ1) is 11.9. The number of ether oxygens (including phenoxy) is 1. The van der Waals surface area contributed by atoms with E-state index in [-0.39, 0.29) is 23.7 Å². The molecule has 0 spiro atoms. The zero-order chi connectivity index (χ0) is 17.8. The third kappa shape index (κ3) is 2.59. The van der Waals surface area contributed by atoms with Crippen LogP contribution in [0.1, 0.15) is 57.0 Å². The second-order valence-corrected chi connectivity index (χ2v) is 8.56. The monoisotopic (exact) mass is 345 g/mol. The number of amides is 1. The fraction of sp³-hybridized carbons (Fsp3) is 0.700. The normalized spacial score (nSPS) is 36.0. The molecule has 5 atom stereocenters. The van der Waals surface area contributed by atoms with Gasteiger partial charge in [-0.05, 0) is 61.0 Å². The molecule has 1 amide bonds. The third-order valence-corrected chi connectivity index (χ3v) is 7.07. The average molecular weight is 345 g/mol. The van der Waals surface area contributed by atoms with Gasteiger partial charge in [-0.1, -0.05) is 20.8 Å². The van der Waals surface area contributed by atoms with Gasteiger partial charge in [0.05, 0.1) is 6.26 Å². The summed E-state index contributed by atoms with van der Waals surface area (Å²) in [5.74, 6) is 1.50. The minimum atomic E-state index is -0.476. The molecule has 0 aromatic carbocycles. The van der Waals surface area contributed by atoms with Crippen molar-refractivity contribution in [1.29, 1.82) is 0 Å². The largest absolute Gasteiger partial charge is 0.461 e. The fourth-order valence-electron chi connectivity index (χ4n) is 5.28. The van der Waals surface area contributed by atoms with Crippen molar-refractivity contribution < 1.29 is 18.7 Å². The lowest BCUT2D eigenvalue weighted by atomic mass is 9.45. The first-order valence-electron chi connectivity index (χ1n) is 9.44. The number of nitrogens with zero attached hydrogens (tertiary/aromatic N) is 1. The summed E-state index contributed by atoms with van der Waals surface area (Å²) in [5.41, 5.74) is 0.372. The molecule has 1 aromatic heterocycles. The first-order valence-corrected chi connectivity index (χ1v) is 9.44. The van der Waals surface area contributed by atoms with Gasteiger partial charge in [0.2, 0.25) is 0 Å². The Labute approximate surface area is 148 Å². The molecule has 4 fully saturated rings. The zero-order valence-corrected chi connectivity index (χ0v) is 15.2. The van der Waals surface area contributed by atoms with E-state index in [1.807, 2.05) is 0 Å². The topological polar surface area (TPSA) is 59.8 Å². The Morgan fingerprint density at radius 1 is 1.32 bits per heavy atom. The predicted octanol–water partition coefficient (Wildman–Crippen LogP) is 3.50.